The summed E-state index contributed by atoms with van der Waals surface area (Å²) in [6.07, 6.45) is 0. The van der Waals surface area contributed by atoms with Crippen LogP contribution in [0, 0.1) is 6.92 Å². The number of carbonyl (C=O) groups excluding carboxylic acids is 2. The van der Waals surface area contributed by atoms with Gasteiger partial charge in [0.15, 0.2) is 11.5 Å². The molecule has 6 heteroatoms. The Hall–Kier alpha value is -3.80. The fourth-order valence-electron chi connectivity index (χ4n) is 3.01. The summed E-state index contributed by atoms with van der Waals surface area (Å²) in [4.78, 5) is 25.1. The van der Waals surface area contributed by atoms with Crippen molar-refractivity contribution in [2.45, 2.75) is 6.92 Å². The van der Waals surface area contributed by atoms with Gasteiger partial charge in [0, 0.05) is 28.6 Å². The second kappa shape index (κ2) is 8.06. The average Bonchev–Trinajstić information content (AvgIpc) is 2.75. The normalized spacial score (nSPS) is 12.2. The van der Waals surface area contributed by atoms with Crippen LogP contribution in [0.5, 0.6) is 11.5 Å². The molecule has 2 N–H and O–H groups in total. The largest absolute Gasteiger partial charge is 0.486 e. The van der Waals surface area contributed by atoms with Crippen LogP contribution in [0.1, 0.15) is 26.3 Å². The summed E-state index contributed by atoms with van der Waals surface area (Å²) in [7, 11) is 0. The lowest BCUT2D eigenvalue weighted by Gasteiger charge is -2.19. The van der Waals surface area contributed by atoms with E-state index in [4.69, 9.17) is 9.47 Å². The maximum Gasteiger partial charge on any atom is 0.255 e. The number of ether oxygens (including phenoxy) is 2. The van der Waals surface area contributed by atoms with E-state index in [0.29, 0.717) is 47.2 Å². The molecule has 0 bridgehead atoms. The van der Waals surface area contributed by atoms with Crippen molar-refractivity contribution < 1.29 is 19.1 Å². The number of nitrogens with one attached hydrogen (secondary N) is 2. The van der Waals surface area contributed by atoms with Gasteiger partial charge >= 0.3 is 0 Å². The maximum atomic E-state index is 12.7. The Morgan fingerprint density at radius 3 is 2.28 bits per heavy atom. The third-order valence-electron chi connectivity index (χ3n) is 4.58. The van der Waals surface area contributed by atoms with Gasteiger partial charge in [0.2, 0.25) is 0 Å². The van der Waals surface area contributed by atoms with Crippen LogP contribution < -0.4 is 20.1 Å². The molecule has 0 spiro atoms. The van der Waals surface area contributed by atoms with Crippen molar-refractivity contribution in [3.63, 3.8) is 0 Å². The third kappa shape index (κ3) is 4.21. The summed E-state index contributed by atoms with van der Waals surface area (Å²) in [5, 5.41) is 5.72. The smallest absolute Gasteiger partial charge is 0.255 e. The number of benzene rings is 3. The van der Waals surface area contributed by atoms with Gasteiger partial charge in [0.1, 0.15) is 13.2 Å². The van der Waals surface area contributed by atoms with E-state index in [2.05, 4.69) is 10.6 Å². The maximum absolute atomic E-state index is 12.7. The lowest BCUT2D eigenvalue weighted by atomic mass is 10.1. The van der Waals surface area contributed by atoms with Crippen LogP contribution in [-0.2, 0) is 0 Å². The summed E-state index contributed by atoms with van der Waals surface area (Å²) < 4.78 is 11.0. The van der Waals surface area contributed by atoms with E-state index < -0.39 is 0 Å². The van der Waals surface area contributed by atoms with Gasteiger partial charge in [-0.3, -0.25) is 9.59 Å². The van der Waals surface area contributed by atoms with Crippen LogP contribution >= 0.6 is 0 Å². The molecule has 1 aliphatic rings. The average molecular weight is 388 g/mol. The topological polar surface area (TPSA) is 76.7 Å². The lowest BCUT2D eigenvalue weighted by molar-refractivity contribution is 0.101. The van der Waals surface area contributed by atoms with Crippen molar-refractivity contribution in [3.8, 4) is 11.5 Å². The Labute approximate surface area is 168 Å². The number of rotatable bonds is 4. The molecule has 6 nitrogen and oxygen atoms in total. The number of carbonyl (C=O) groups is 2. The number of aryl methyl sites for hydroxylation is 1. The monoisotopic (exact) mass is 388 g/mol. The number of hydrogen-bond acceptors (Lipinski definition) is 4. The summed E-state index contributed by atoms with van der Waals surface area (Å²) in [5.41, 5.74) is 3.06. The molecule has 0 radical (unpaired) electrons. The Morgan fingerprint density at radius 1 is 0.759 bits per heavy atom. The first kappa shape index (κ1) is 18.6. The van der Waals surface area contributed by atoms with Gasteiger partial charge in [-0.25, -0.2) is 0 Å². The molecule has 1 aliphatic heterocycles. The zero-order chi connectivity index (χ0) is 20.2. The van der Waals surface area contributed by atoms with E-state index >= 15 is 0 Å². The highest BCUT2D eigenvalue weighted by Crippen LogP contribution is 2.32. The van der Waals surface area contributed by atoms with Gasteiger partial charge in [-0.15, -0.1) is 0 Å². The highest BCUT2D eigenvalue weighted by molar-refractivity contribution is 6.07. The molecule has 0 saturated carbocycles. The second-order valence-corrected chi connectivity index (χ2v) is 6.66. The molecule has 1 heterocycles. The Balaban J connectivity index is 1.50. The molecule has 0 aliphatic carbocycles. The molecular weight excluding hydrogens is 368 g/mol. The fraction of sp³-hybridized carbons (Fsp3) is 0.130. The number of hydrogen-bond donors (Lipinski definition) is 2. The minimum atomic E-state index is -0.281. The molecule has 146 valence electrons. The van der Waals surface area contributed by atoms with E-state index in [-0.39, 0.29) is 11.8 Å². The quantitative estimate of drug-likeness (QED) is 0.700. The molecule has 0 unspecified atom stereocenters. The predicted molar refractivity (Wildman–Crippen MR) is 111 cm³/mol. The van der Waals surface area contributed by atoms with Gasteiger partial charge in [-0.05, 0) is 48.9 Å². The predicted octanol–water partition coefficient (Wildman–Crippen LogP) is 4.27. The highest BCUT2D eigenvalue weighted by atomic mass is 16.6. The fourth-order valence-corrected chi connectivity index (χ4v) is 3.01. The first-order chi connectivity index (χ1) is 14.1. The van der Waals surface area contributed by atoms with Crippen LogP contribution in [0.2, 0.25) is 0 Å². The first-order valence-corrected chi connectivity index (χ1v) is 9.28. The highest BCUT2D eigenvalue weighted by Gasteiger charge is 2.15. The molecule has 0 saturated heterocycles. The SMILES string of the molecule is Cc1ccc(C(=O)Nc2ccc3c(c2)OCCO3)cc1NC(=O)c1ccccc1. The standard InChI is InChI=1S/C23H20N2O4/c1-15-7-8-17(13-19(15)25-22(26)16-5-3-2-4-6-16)23(27)24-18-9-10-20-21(14-18)29-12-11-28-20/h2-10,13-14H,11-12H2,1H3,(H,24,27)(H,25,26). The van der Waals surface area contributed by atoms with Crippen LogP contribution in [0.3, 0.4) is 0 Å². The van der Waals surface area contributed by atoms with Crippen molar-refractivity contribution in [1.82, 2.24) is 0 Å². The van der Waals surface area contributed by atoms with Crippen molar-refractivity contribution in [1.29, 1.82) is 0 Å². The van der Waals surface area contributed by atoms with E-state index in [1.54, 1.807) is 60.7 Å². The molecule has 0 aromatic heterocycles. The van der Waals surface area contributed by atoms with Crippen molar-refractivity contribution in [3.05, 3.63) is 83.4 Å². The molecule has 0 atom stereocenters. The van der Waals surface area contributed by atoms with Gasteiger partial charge in [-0.1, -0.05) is 24.3 Å². The summed E-state index contributed by atoms with van der Waals surface area (Å²) >= 11 is 0. The van der Waals surface area contributed by atoms with E-state index in [1.807, 2.05) is 13.0 Å². The Bertz CT molecular complexity index is 1060. The first-order valence-electron chi connectivity index (χ1n) is 9.28. The molecular formula is C23H20N2O4. The Kier molecular flexibility index (Phi) is 5.16. The van der Waals surface area contributed by atoms with Crippen LogP contribution in [-0.4, -0.2) is 25.0 Å². The molecule has 0 fully saturated rings. The van der Waals surface area contributed by atoms with Crippen LogP contribution in [0.15, 0.2) is 66.7 Å². The van der Waals surface area contributed by atoms with Gasteiger partial charge < -0.3 is 20.1 Å². The lowest BCUT2D eigenvalue weighted by Crippen LogP contribution is -2.17. The molecule has 29 heavy (non-hydrogen) atoms. The third-order valence-corrected chi connectivity index (χ3v) is 4.58. The summed E-state index contributed by atoms with van der Waals surface area (Å²) in [6.45, 7) is 2.87. The minimum absolute atomic E-state index is 0.224. The van der Waals surface area contributed by atoms with Crippen molar-refractivity contribution in [2.24, 2.45) is 0 Å². The summed E-state index contributed by atoms with van der Waals surface area (Å²) in [5.74, 6) is 0.763. The Morgan fingerprint density at radius 2 is 1.48 bits per heavy atom. The van der Waals surface area contributed by atoms with Crippen molar-refractivity contribution in [2.75, 3.05) is 23.8 Å². The molecule has 3 aromatic carbocycles. The molecule has 2 amide bonds. The second-order valence-electron chi connectivity index (χ2n) is 6.66. The summed E-state index contributed by atoms with van der Waals surface area (Å²) in [6, 6.07) is 19.4. The van der Waals surface area contributed by atoms with E-state index in [0.717, 1.165) is 5.56 Å². The minimum Gasteiger partial charge on any atom is -0.486 e. The molecule has 4 rings (SSSR count). The van der Waals surface area contributed by atoms with Crippen LogP contribution in [0.25, 0.3) is 0 Å². The van der Waals surface area contributed by atoms with Crippen LogP contribution in [0.4, 0.5) is 11.4 Å². The zero-order valence-corrected chi connectivity index (χ0v) is 15.9. The van der Waals surface area contributed by atoms with Crippen molar-refractivity contribution >= 4 is 23.2 Å². The van der Waals surface area contributed by atoms with Gasteiger partial charge in [0.25, 0.3) is 11.8 Å². The molecule has 3 aromatic rings. The van der Waals surface area contributed by atoms with Gasteiger partial charge in [-0.2, -0.15) is 0 Å². The van der Waals surface area contributed by atoms with E-state index in [9.17, 15) is 9.59 Å². The number of fused-ring (bicyclic) bond motifs is 1. The van der Waals surface area contributed by atoms with Gasteiger partial charge in [0.05, 0.1) is 0 Å². The van der Waals surface area contributed by atoms with E-state index in [1.165, 1.54) is 0 Å². The number of anilines is 2. The number of amides is 2. The zero-order valence-electron chi connectivity index (χ0n) is 15.9.